The SMILES string of the molecule is NC[C@@H](O)[C@H](Cc1ccccc1)NC(=O)c1cccc(C(=O)N2CCCCCC2)c1. The Hall–Kier alpha value is -2.70. The highest BCUT2D eigenvalue weighted by Gasteiger charge is 2.23. The highest BCUT2D eigenvalue weighted by atomic mass is 16.3. The van der Waals surface area contributed by atoms with Crippen LogP contribution in [0.25, 0.3) is 0 Å². The Labute approximate surface area is 178 Å². The van der Waals surface area contributed by atoms with Crippen molar-refractivity contribution in [1.82, 2.24) is 10.2 Å². The average molecular weight is 410 g/mol. The molecule has 0 spiro atoms. The molecular formula is C24H31N3O3. The smallest absolute Gasteiger partial charge is 0.253 e. The van der Waals surface area contributed by atoms with Gasteiger partial charge in [0.15, 0.2) is 0 Å². The second-order valence-corrected chi connectivity index (χ2v) is 7.86. The molecule has 0 aliphatic carbocycles. The minimum atomic E-state index is -0.865. The molecule has 6 heteroatoms. The normalized spacial score (nSPS) is 16.4. The molecule has 1 saturated heterocycles. The van der Waals surface area contributed by atoms with E-state index in [-0.39, 0.29) is 18.4 Å². The summed E-state index contributed by atoms with van der Waals surface area (Å²) in [5.74, 6) is -0.358. The zero-order chi connectivity index (χ0) is 21.3. The summed E-state index contributed by atoms with van der Waals surface area (Å²) in [7, 11) is 0. The molecule has 3 rings (SSSR count). The highest BCUT2D eigenvalue weighted by molar-refractivity contribution is 5.99. The summed E-state index contributed by atoms with van der Waals surface area (Å²) in [5.41, 5.74) is 7.57. The van der Waals surface area contributed by atoms with Gasteiger partial charge >= 0.3 is 0 Å². The van der Waals surface area contributed by atoms with E-state index in [0.717, 1.165) is 44.3 Å². The fourth-order valence-electron chi connectivity index (χ4n) is 3.82. The molecule has 0 unspecified atom stereocenters. The maximum atomic E-state index is 12.9. The first-order valence-corrected chi connectivity index (χ1v) is 10.7. The number of amides is 2. The van der Waals surface area contributed by atoms with Gasteiger partial charge in [-0.25, -0.2) is 0 Å². The monoisotopic (exact) mass is 409 g/mol. The van der Waals surface area contributed by atoms with Gasteiger partial charge in [0.05, 0.1) is 12.1 Å². The minimum Gasteiger partial charge on any atom is -0.390 e. The zero-order valence-corrected chi connectivity index (χ0v) is 17.3. The Kier molecular flexibility index (Phi) is 7.99. The number of aliphatic hydroxyl groups is 1. The summed E-state index contributed by atoms with van der Waals surface area (Å²) < 4.78 is 0. The number of nitrogens with one attached hydrogen (secondary N) is 1. The topological polar surface area (TPSA) is 95.7 Å². The Morgan fingerprint density at radius 2 is 1.63 bits per heavy atom. The molecule has 0 aromatic heterocycles. The Morgan fingerprint density at radius 1 is 0.967 bits per heavy atom. The molecule has 1 heterocycles. The molecule has 0 saturated carbocycles. The lowest BCUT2D eigenvalue weighted by Crippen LogP contribution is -2.47. The van der Waals surface area contributed by atoms with Crippen molar-refractivity contribution < 1.29 is 14.7 Å². The van der Waals surface area contributed by atoms with Crippen LogP contribution >= 0.6 is 0 Å². The molecule has 2 aromatic carbocycles. The molecule has 2 amide bonds. The highest BCUT2D eigenvalue weighted by Crippen LogP contribution is 2.15. The maximum absolute atomic E-state index is 12.9. The fraction of sp³-hybridized carbons (Fsp3) is 0.417. The van der Waals surface area contributed by atoms with Gasteiger partial charge in [-0.2, -0.15) is 0 Å². The van der Waals surface area contributed by atoms with Crippen LogP contribution in [-0.4, -0.2) is 53.6 Å². The number of likely N-dealkylation sites (tertiary alicyclic amines) is 1. The van der Waals surface area contributed by atoms with Crippen LogP contribution in [0.5, 0.6) is 0 Å². The van der Waals surface area contributed by atoms with Gasteiger partial charge in [0.1, 0.15) is 0 Å². The second-order valence-electron chi connectivity index (χ2n) is 7.86. The lowest BCUT2D eigenvalue weighted by molar-refractivity contribution is 0.0761. The first kappa shape index (κ1) is 22.0. The van der Waals surface area contributed by atoms with Crippen LogP contribution in [0, 0.1) is 0 Å². The van der Waals surface area contributed by atoms with Crippen molar-refractivity contribution in [3.8, 4) is 0 Å². The molecule has 6 nitrogen and oxygen atoms in total. The van der Waals surface area contributed by atoms with Gasteiger partial charge in [-0.1, -0.05) is 49.2 Å². The van der Waals surface area contributed by atoms with E-state index < -0.39 is 12.1 Å². The third kappa shape index (κ3) is 5.90. The predicted molar refractivity (Wildman–Crippen MR) is 117 cm³/mol. The summed E-state index contributed by atoms with van der Waals surface area (Å²) in [6.07, 6.45) is 3.94. The molecule has 30 heavy (non-hydrogen) atoms. The fourth-order valence-corrected chi connectivity index (χ4v) is 3.82. The third-order valence-corrected chi connectivity index (χ3v) is 5.59. The Balaban J connectivity index is 1.71. The lowest BCUT2D eigenvalue weighted by Gasteiger charge is -2.24. The van der Waals surface area contributed by atoms with E-state index >= 15 is 0 Å². The molecule has 1 aliphatic rings. The van der Waals surface area contributed by atoms with Crippen LogP contribution in [0.1, 0.15) is 52.0 Å². The molecule has 4 N–H and O–H groups in total. The molecule has 160 valence electrons. The van der Waals surface area contributed by atoms with E-state index in [1.54, 1.807) is 24.3 Å². The second kappa shape index (κ2) is 10.9. The van der Waals surface area contributed by atoms with E-state index in [1.165, 1.54) is 0 Å². The number of carbonyl (C=O) groups is 2. The largest absolute Gasteiger partial charge is 0.390 e. The minimum absolute atomic E-state index is 0.0330. The van der Waals surface area contributed by atoms with Crippen molar-refractivity contribution in [2.45, 2.75) is 44.2 Å². The van der Waals surface area contributed by atoms with Crippen molar-refractivity contribution >= 4 is 11.8 Å². The summed E-state index contributed by atoms with van der Waals surface area (Å²) in [5, 5.41) is 13.2. The standard InChI is InChI=1S/C24H31N3O3/c25-17-22(28)21(15-18-9-4-3-5-10-18)26-23(29)19-11-8-12-20(16-19)24(30)27-13-6-1-2-7-14-27/h3-5,8-12,16,21-22,28H,1-2,6-7,13-15,17,25H2,(H,26,29)/t21-,22+/m0/s1. The maximum Gasteiger partial charge on any atom is 0.253 e. The van der Waals surface area contributed by atoms with Gasteiger partial charge < -0.3 is 21.1 Å². The van der Waals surface area contributed by atoms with E-state index in [2.05, 4.69) is 5.32 Å². The van der Waals surface area contributed by atoms with Crippen LogP contribution in [0.4, 0.5) is 0 Å². The zero-order valence-electron chi connectivity index (χ0n) is 17.3. The number of hydrogen-bond acceptors (Lipinski definition) is 4. The van der Waals surface area contributed by atoms with E-state index in [9.17, 15) is 14.7 Å². The van der Waals surface area contributed by atoms with Gasteiger partial charge in [0.25, 0.3) is 11.8 Å². The number of aliphatic hydroxyl groups excluding tert-OH is 1. The number of benzene rings is 2. The lowest BCUT2D eigenvalue weighted by atomic mass is 10.0. The van der Waals surface area contributed by atoms with E-state index in [0.29, 0.717) is 17.5 Å². The number of nitrogens with zero attached hydrogens (tertiary/aromatic N) is 1. The van der Waals surface area contributed by atoms with Crippen LogP contribution in [0.15, 0.2) is 54.6 Å². The van der Waals surface area contributed by atoms with Crippen LogP contribution < -0.4 is 11.1 Å². The molecule has 0 bridgehead atoms. The van der Waals surface area contributed by atoms with Crippen LogP contribution in [-0.2, 0) is 6.42 Å². The predicted octanol–water partition coefficient (Wildman–Crippen LogP) is 2.36. The number of nitrogens with two attached hydrogens (primary N) is 1. The van der Waals surface area contributed by atoms with Crippen molar-refractivity contribution in [3.63, 3.8) is 0 Å². The first-order valence-electron chi connectivity index (χ1n) is 10.7. The average Bonchev–Trinajstić information content (AvgIpc) is 3.08. The van der Waals surface area contributed by atoms with Gasteiger partial charge in [-0.3, -0.25) is 9.59 Å². The Bertz CT molecular complexity index is 833. The molecule has 1 aliphatic heterocycles. The molecule has 0 radical (unpaired) electrons. The summed E-state index contributed by atoms with van der Waals surface area (Å²) in [6.45, 7) is 1.57. The van der Waals surface area contributed by atoms with Gasteiger partial charge in [0, 0.05) is 30.8 Å². The third-order valence-electron chi connectivity index (χ3n) is 5.59. The van der Waals surface area contributed by atoms with Crippen molar-refractivity contribution in [2.75, 3.05) is 19.6 Å². The quantitative estimate of drug-likeness (QED) is 0.654. The Morgan fingerprint density at radius 3 is 2.30 bits per heavy atom. The number of hydrogen-bond donors (Lipinski definition) is 3. The van der Waals surface area contributed by atoms with Crippen LogP contribution in [0.2, 0.25) is 0 Å². The first-order chi connectivity index (χ1) is 14.6. The summed E-state index contributed by atoms with van der Waals surface area (Å²) in [4.78, 5) is 27.6. The van der Waals surface area contributed by atoms with Crippen molar-refractivity contribution in [1.29, 1.82) is 0 Å². The van der Waals surface area contributed by atoms with Gasteiger partial charge in [0.2, 0.25) is 0 Å². The molecule has 2 atom stereocenters. The van der Waals surface area contributed by atoms with Crippen molar-refractivity contribution in [3.05, 3.63) is 71.3 Å². The van der Waals surface area contributed by atoms with Gasteiger partial charge in [-0.15, -0.1) is 0 Å². The summed E-state index contributed by atoms with van der Waals surface area (Å²) >= 11 is 0. The summed E-state index contributed by atoms with van der Waals surface area (Å²) in [6, 6.07) is 15.9. The van der Waals surface area contributed by atoms with E-state index in [4.69, 9.17) is 5.73 Å². The van der Waals surface area contributed by atoms with Crippen molar-refractivity contribution in [2.24, 2.45) is 5.73 Å². The van der Waals surface area contributed by atoms with E-state index in [1.807, 2.05) is 35.2 Å². The molecule has 2 aromatic rings. The number of carbonyl (C=O) groups excluding carboxylic acids is 2. The molecule has 1 fully saturated rings. The number of rotatable bonds is 7. The van der Waals surface area contributed by atoms with Crippen LogP contribution in [0.3, 0.4) is 0 Å². The molecular weight excluding hydrogens is 378 g/mol. The van der Waals surface area contributed by atoms with Gasteiger partial charge in [-0.05, 0) is 43.0 Å².